The van der Waals surface area contributed by atoms with Gasteiger partial charge in [-0.3, -0.25) is 0 Å². The molecule has 0 aromatic heterocycles. The van der Waals surface area contributed by atoms with Gasteiger partial charge in [-0.2, -0.15) is 0 Å². The zero-order valence-corrected chi connectivity index (χ0v) is 14.5. The SMILES string of the molecule is COc1ccc(C(C)(C)c2ccc(O[I-]C)cc2)cc1. The van der Waals surface area contributed by atoms with Crippen molar-refractivity contribution >= 4 is 0 Å². The van der Waals surface area contributed by atoms with Crippen molar-refractivity contribution in [3.05, 3.63) is 59.7 Å². The topological polar surface area (TPSA) is 18.5 Å². The van der Waals surface area contributed by atoms with Crippen LogP contribution in [0, 0.1) is 0 Å². The Hall–Kier alpha value is -1.23. The molecule has 20 heavy (non-hydrogen) atoms. The Labute approximate surface area is 131 Å². The van der Waals surface area contributed by atoms with Gasteiger partial charge in [0.1, 0.15) is 0 Å². The van der Waals surface area contributed by atoms with E-state index in [4.69, 9.17) is 7.80 Å². The molecule has 0 bridgehead atoms. The molecule has 0 saturated heterocycles. The van der Waals surface area contributed by atoms with Crippen LogP contribution in [0.2, 0.25) is 0 Å². The van der Waals surface area contributed by atoms with Gasteiger partial charge >= 0.3 is 132 Å². The van der Waals surface area contributed by atoms with E-state index in [0.717, 1.165) is 11.5 Å². The van der Waals surface area contributed by atoms with Gasteiger partial charge in [-0.1, -0.05) is 0 Å². The molecule has 0 N–H and O–H groups in total. The van der Waals surface area contributed by atoms with Crippen molar-refractivity contribution in [1.29, 1.82) is 0 Å². The van der Waals surface area contributed by atoms with Crippen molar-refractivity contribution in [1.82, 2.24) is 0 Å². The first-order valence-corrected chi connectivity index (χ1v) is 9.53. The van der Waals surface area contributed by atoms with Crippen LogP contribution >= 0.6 is 0 Å². The molecule has 0 spiro atoms. The van der Waals surface area contributed by atoms with E-state index in [1.807, 2.05) is 12.1 Å². The van der Waals surface area contributed by atoms with Crippen molar-refractivity contribution < 1.29 is 29.4 Å². The van der Waals surface area contributed by atoms with Gasteiger partial charge < -0.3 is 0 Å². The molecule has 0 aliphatic carbocycles. The average Bonchev–Trinajstić information content (AvgIpc) is 2.48. The number of alkyl halides is 1. The quantitative estimate of drug-likeness (QED) is 0.568. The van der Waals surface area contributed by atoms with Gasteiger partial charge in [0.2, 0.25) is 0 Å². The summed E-state index contributed by atoms with van der Waals surface area (Å²) in [6.45, 7) is 4.47. The molecular formula is C17H20IO2-. The van der Waals surface area contributed by atoms with Crippen LogP contribution in [0.3, 0.4) is 0 Å². The average molecular weight is 383 g/mol. The molecule has 2 aromatic rings. The number of halogens is 1. The van der Waals surface area contributed by atoms with Crippen molar-refractivity contribution in [2.75, 3.05) is 12.0 Å². The second-order valence-corrected chi connectivity index (χ2v) is 6.43. The van der Waals surface area contributed by atoms with Crippen LogP contribution in [0.4, 0.5) is 0 Å². The number of benzene rings is 2. The van der Waals surface area contributed by atoms with E-state index in [9.17, 15) is 0 Å². The van der Waals surface area contributed by atoms with E-state index in [1.54, 1.807) is 7.11 Å². The maximum atomic E-state index is 5.60. The minimum absolute atomic E-state index is 0.0356. The molecule has 0 heterocycles. The number of ether oxygens (including phenoxy) is 1. The Bertz CT molecular complexity index is 544. The number of hydrogen-bond donors (Lipinski definition) is 0. The molecule has 0 amide bonds. The van der Waals surface area contributed by atoms with Gasteiger partial charge in [-0.05, 0) is 0 Å². The molecule has 3 heteroatoms. The van der Waals surface area contributed by atoms with Crippen LogP contribution in [-0.4, -0.2) is 12.0 Å². The summed E-state index contributed by atoms with van der Waals surface area (Å²) < 4.78 is 10.8. The summed E-state index contributed by atoms with van der Waals surface area (Å²) in [4.78, 5) is 2.11. The molecule has 0 atom stereocenters. The molecule has 0 saturated carbocycles. The normalized spacial score (nSPS) is 11.4. The van der Waals surface area contributed by atoms with Crippen LogP contribution in [-0.2, 0) is 5.41 Å². The number of rotatable bonds is 5. The van der Waals surface area contributed by atoms with Crippen LogP contribution in [0.5, 0.6) is 11.5 Å². The van der Waals surface area contributed by atoms with E-state index in [1.165, 1.54) is 11.1 Å². The van der Waals surface area contributed by atoms with E-state index in [-0.39, 0.29) is 27.0 Å². The predicted octanol–water partition coefficient (Wildman–Crippen LogP) is 1.03. The van der Waals surface area contributed by atoms with E-state index in [2.05, 4.69) is 55.2 Å². The summed E-state index contributed by atoms with van der Waals surface area (Å²) in [5.74, 6) is 1.86. The molecule has 2 nitrogen and oxygen atoms in total. The van der Waals surface area contributed by atoms with Crippen LogP contribution in [0.25, 0.3) is 0 Å². The molecule has 2 aromatic carbocycles. The van der Waals surface area contributed by atoms with Gasteiger partial charge in [0, 0.05) is 0 Å². The fourth-order valence-corrected chi connectivity index (χ4v) is 2.99. The predicted molar refractivity (Wildman–Crippen MR) is 78.1 cm³/mol. The first kappa shape index (κ1) is 15.2. The van der Waals surface area contributed by atoms with Gasteiger partial charge in [-0.25, -0.2) is 0 Å². The monoisotopic (exact) mass is 383 g/mol. The Morgan fingerprint density at radius 2 is 1.25 bits per heavy atom. The van der Waals surface area contributed by atoms with Crippen molar-refractivity contribution in [2.24, 2.45) is 0 Å². The number of hydrogen-bond acceptors (Lipinski definition) is 2. The van der Waals surface area contributed by atoms with Crippen molar-refractivity contribution in [3.63, 3.8) is 0 Å². The molecule has 108 valence electrons. The molecule has 0 unspecified atom stereocenters. The first-order valence-electron chi connectivity index (χ1n) is 6.49. The van der Waals surface area contributed by atoms with E-state index >= 15 is 0 Å². The van der Waals surface area contributed by atoms with Crippen LogP contribution in [0.1, 0.15) is 25.0 Å². The van der Waals surface area contributed by atoms with Gasteiger partial charge in [0.15, 0.2) is 0 Å². The second-order valence-electron chi connectivity index (χ2n) is 5.11. The van der Waals surface area contributed by atoms with Gasteiger partial charge in [0.05, 0.1) is 0 Å². The Balaban J connectivity index is 2.27. The minimum atomic E-state index is -0.174. The molecular weight excluding hydrogens is 363 g/mol. The number of methoxy groups -OCH3 is 1. The Kier molecular flexibility index (Phi) is 4.91. The summed E-state index contributed by atoms with van der Waals surface area (Å²) in [6.07, 6.45) is 0. The standard InChI is InChI=1S/C17H20IO2/c1-17(2,13-5-9-15(19-4)10-6-13)14-7-11-16(12-8-14)20-18-3/h5-12H,1-4H3/q-1. The van der Waals surface area contributed by atoms with E-state index in [0.29, 0.717) is 0 Å². The summed E-state index contributed by atoms with van der Waals surface area (Å²) >= 11 is -0.174. The van der Waals surface area contributed by atoms with Gasteiger partial charge in [0.25, 0.3) is 0 Å². The molecule has 0 fully saturated rings. The molecule has 2 rings (SSSR count). The second kappa shape index (κ2) is 6.48. The third-order valence-corrected chi connectivity index (χ3v) is 4.50. The summed E-state index contributed by atoms with van der Waals surface area (Å²) in [6, 6.07) is 16.7. The van der Waals surface area contributed by atoms with Crippen molar-refractivity contribution in [3.8, 4) is 11.5 Å². The Morgan fingerprint density at radius 3 is 1.65 bits per heavy atom. The van der Waals surface area contributed by atoms with Gasteiger partial charge in [-0.15, -0.1) is 0 Å². The first-order chi connectivity index (χ1) is 9.57. The molecule has 0 aliphatic rings. The summed E-state index contributed by atoms with van der Waals surface area (Å²) in [7, 11) is 1.69. The zero-order chi connectivity index (χ0) is 14.6. The van der Waals surface area contributed by atoms with Crippen molar-refractivity contribution in [2.45, 2.75) is 19.3 Å². The fraction of sp³-hybridized carbons (Fsp3) is 0.294. The van der Waals surface area contributed by atoms with Crippen LogP contribution in [0.15, 0.2) is 48.5 Å². The zero-order valence-electron chi connectivity index (χ0n) is 12.3. The molecule has 0 aliphatic heterocycles. The summed E-state index contributed by atoms with van der Waals surface area (Å²) in [5.41, 5.74) is 2.52. The summed E-state index contributed by atoms with van der Waals surface area (Å²) in [5, 5.41) is 0. The third-order valence-electron chi connectivity index (χ3n) is 3.55. The van der Waals surface area contributed by atoms with Crippen LogP contribution < -0.4 is 29.4 Å². The maximum absolute atomic E-state index is 5.60. The molecule has 0 radical (unpaired) electrons. The Morgan fingerprint density at radius 1 is 0.800 bits per heavy atom. The third kappa shape index (κ3) is 3.26. The van der Waals surface area contributed by atoms with E-state index < -0.39 is 0 Å². The fourth-order valence-electron chi connectivity index (χ4n) is 2.19.